The highest BCUT2D eigenvalue weighted by Crippen LogP contribution is 2.59. The van der Waals surface area contributed by atoms with Gasteiger partial charge in [0.1, 0.15) is 23.0 Å². The van der Waals surface area contributed by atoms with Gasteiger partial charge >= 0.3 is 0 Å². The maximum atomic E-state index is 12.9. The van der Waals surface area contributed by atoms with Crippen molar-refractivity contribution in [2.24, 2.45) is 0 Å². The maximum Gasteiger partial charge on any atom is 0.231 e. The van der Waals surface area contributed by atoms with E-state index in [1.807, 2.05) is 0 Å². The monoisotopic (exact) mass is 1130 g/mol. The number of unbranched alkanes of at least 4 members (excludes halogenated alkanes) is 28. The summed E-state index contributed by atoms with van der Waals surface area (Å²) in [5.41, 5.74) is 8.10. The zero-order valence-corrected chi connectivity index (χ0v) is 51.2. The Kier molecular flexibility index (Phi) is 24.2. The lowest BCUT2D eigenvalue weighted by Crippen LogP contribution is -2.22. The molecule has 0 radical (unpaired) electrons. The average molecular weight is 1130 g/mol. The first-order chi connectivity index (χ1) is 40.4. The fourth-order valence-corrected chi connectivity index (χ4v) is 14.2. The first-order valence-electron chi connectivity index (χ1n) is 33.6. The number of hydrogen-bond donors (Lipinski definition) is 2. The van der Waals surface area contributed by atoms with E-state index in [2.05, 4.69) is 64.1 Å². The minimum absolute atomic E-state index is 0.00732. The van der Waals surface area contributed by atoms with Crippen LogP contribution < -0.4 is 37.9 Å². The molecule has 1 aliphatic carbocycles. The molecular weight excluding hydrogens is 1020 g/mol. The van der Waals surface area contributed by atoms with E-state index in [1.165, 1.54) is 154 Å². The average Bonchev–Trinajstić information content (AvgIpc) is 3.40. The molecule has 0 amide bonds. The second kappa shape index (κ2) is 32.2. The van der Waals surface area contributed by atoms with Gasteiger partial charge in [-0.25, -0.2) is 0 Å². The predicted octanol–water partition coefficient (Wildman–Crippen LogP) is 21.0. The Balaban J connectivity index is 1.24. The number of aromatic hydroxyl groups is 2. The quantitative estimate of drug-likeness (QED) is 0.0427. The minimum Gasteiger partial charge on any atom is -0.502 e. The van der Waals surface area contributed by atoms with Crippen molar-refractivity contribution < 1.29 is 48.1 Å². The van der Waals surface area contributed by atoms with Crippen molar-refractivity contribution in [2.75, 3.05) is 27.2 Å². The molecule has 0 aromatic heterocycles. The molecule has 8 bridgehead atoms. The lowest BCUT2D eigenvalue weighted by atomic mass is 9.75. The predicted molar refractivity (Wildman–Crippen MR) is 330 cm³/mol. The lowest BCUT2D eigenvalue weighted by Gasteiger charge is -2.35. The van der Waals surface area contributed by atoms with Gasteiger partial charge in [-0.3, -0.25) is 0 Å². The van der Waals surface area contributed by atoms with E-state index in [-0.39, 0.29) is 62.3 Å². The van der Waals surface area contributed by atoms with Crippen LogP contribution in [-0.4, -0.2) is 37.4 Å². The molecule has 2 N–H and O–H groups in total. The van der Waals surface area contributed by atoms with Gasteiger partial charge in [0.15, 0.2) is 23.0 Å². The third kappa shape index (κ3) is 15.4. The number of phenols is 2. The van der Waals surface area contributed by atoms with Crippen LogP contribution in [0.3, 0.4) is 0 Å². The SMILES string of the molecule is CCCCCCCCCCC1c2cc3c4cc2OCOc2c1cc1c(c2O)OCOc2cc5c(cc2C1CCCCCCCCCC)C(CCCCCCCCCC)c1cc(c(c(O)c1OCO5)OCO4)C3CCCCCCCCCC. The number of rotatable bonds is 36. The van der Waals surface area contributed by atoms with Crippen molar-refractivity contribution in [1.82, 2.24) is 0 Å². The Morgan fingerprint density at radius 3 is 0.671 bits per heavy atom. The maximum absolute atomic E-state index is 12.9. The highest BCUT2D eigenvalue weighted by Gasteiger charge is 2.40. The highest BCUT2D eigenvalue weighted by atomic mass is 16.7. The van der Waals surface area contributed by atoms with Gasteiger partial charge < -0.3 is 48.1 Å². The van der Waals surface area contributed by atoms with Crippen molar-refractivity contribution in [3.05, 3.63) is 80.9 Å². The molecule has 4 aromatic carbocycles. The van der Waals surface area contributed by atoms with Crippen LogP contribution in [0.25, 0.3) is 0 Å². The van der Waals surface area contributed by atoms with Gasteiger partial charge in [0, 0.05) is 80.3 Å². The molecule has 4 aromatic rings. The molecule has 4 atom stereocenters. The van der Waals surface area contributed by atoms with E-state index in [9.17, 15) is 10.2 Å². The van der Waals surface area contributed by atoms with Crippen LogP contribution in [0.15, 0.2) is 36.4 Å². The summed E-state index contributed by atoms with van der Waals surface area (Å²) in [5.74, 6) is 3.78. The summed E-state index contributed by atoms with van der Waals surface area (Å²) >= 11 is 0. The van der Waals surface area contributed by atoms with Crippen LogP contribution in [0.2, 0.25) is 0 Å². The molecule has 5 aliphatic rings. The van der Waals surface area contributed by atoms with Crippen LogP contribution in [0.1, 0.15) is 327 Å². The fourth-order valence-electron chi connectivity index (χ4n) is 14.2. The van der Waals surface area contributed by atoms with Crippen molar-refractivity contribution in [1.29, 1.82) is 0 Å². The second-order valence-corrected chi connectivity index (χ2v) is 24.9. The Morgan fingerprint density at radius 2 is 0.451 bits per heavy atom. The summed E-state index contributed by atoms with van der Waals surface area (Å²) in [6.45, 7) is 8.69. The molecule has 10 nitrogen and oxygen atoms in total. The Hall–Kier alpha value is -5.12. The number of hydrogen-bond acceptors (Lipinski definition) is 10. The van der Waals surface area contributed by atoms with Gasteiger partial charge in [-0.1, -0.05) is 233 Å². The smallest absolute Gasteiger partial charge is 0.231 e. The first-order valence-corrected chi connectivity index (χ1v) is 33.6. The molecule has 0 spiro atoms. The van der Waals surface area contributed by atoms with Crippen LogP contribution >= 0.6 is 0 Å². The normalized spacial score (nSPS) is 18.0. The van der Waals surface area contributed by atoms with Gasteiger partial charge in [-0.2, -0.15) is 0 Å². The topological polar surface area (TPSA) is 114 Å². The Morgan fingerprint density at radius 1 is 0.256 bits per heavy atom. The molecule has 452 valence electrons. The second-order valence-electron chi connectivity index (χ2n) is 24.9. The Labute approximate surface area is 494 Å². The van der Waals surface area contributed by atoms with Crippen LogP contribution in [0.4, 0.5) is 0 Å². The van der Waals surface area contributed by atoms with E-state index in [4.69, 9.17) is 37.9 Å². The van der Waals surface area contributed by atoms with Crippen LogP contribution in [0, 0.1) is 0 Å². The van der Waals surface area contributed by atoms with Gasteiger partial charge in [-0.15, -0.1) is 0 Å². The lowest BCUT2D eigenvalue weighted by molar-refractivity contribution is 0.0922. The molecular formula is C72H104O10. The van der Waals surface area contributed by atoms with Crippen molar-refractivity contribution in [3.8, 4) is 57.5 Å². The summed E-state index contributed by atoms with van der Waals surface area (Å²) in [4.78, 5) is 0. The first kappa shape index (κ1) is 61.4. The molecule has 9 rings (SSSR count). The van der Waals surface area contributed by atoms with Gasteiger partial charge in [0.05, 0.1) is 0 Å². The summed E-state index contributed by atoms with van der Waals surface area (Å²) in [6, 6.07) is 13.6. The molecule has 10 heteroatoms. The number of phenolic OH excluding ortho intramolecular Hbond substituents is 2. The van der Waals surface area contributed by atoms with E-state index in [0.29, 0.717) is 23.0 Å². The molecule has 0 saturated heterocycles. The molecule has 4 aliphatic heterocycles. The zero-order chi connectivity index (χ0) is 56.9. The summed E-state index contributed by atoms with van der Waals surface area (Å²) in [6.07, 6.45) is 41.9. The van der Waals surface area contributed by atoms with E-state index >= 15 is 0 Å². The summed E-state index contributed by atoms with van der Waals surface area (Å²) in [5, 5.41) is 25.8. The van der Waals surface area contributed by atoms with Crippen LogP contribution in [0.5, 0.6) is 57.5 Å². The molecule has 82 heavy (non-hydrogen) atoms. The van der Waals surface area contributed by atoms with E-state index in [1.54, 1.807) is 0 Å². The summed E-state index contributed by atoms with van der Waals surface area (Å²) < 4.78 is 53.5. The third-order valence-corrected chi connectivity index (χ3v) is 18.9. The van der Waals surface area contributed by atoms with Crippen LogP contribution in [-0.2, 0) is 0 Å². The molecule has 0 saturated carbocycles. The molecule has 4 unspecified atom stereocenters. The third-order valence-electron chi connectivity index (χ3n) is 18.9. The standard InChI is InChI=1S/C72H104O10/c1-5-9-13-17-21-25-29-33-37-51-55-41-56-52(38-34-30-26-22-18-14-10-6-2)61-44-62-54(40-36-32-28-24-20-16-12-8-4)58-42-57-53(39-35-31-27-23-19-15-11-7-3)60-43-59(51)69-67(73)70(60)80-49-77-65(57)46-66(58)78-50-82-72(62)68(74)71(61)81-48-76-64(56)45-63(55)75-47-79-69/h41-46,51-54,73-74H,5-40,47-50H2,1-4H3. The summed E-state index contributed by atoms with van der Waals surface area (Å²) in [7, 11) is 0. The zero-order valence-electron chi connectivity index (χ0n) is 51.2. The highest BCUT2D eigenvalue weighted by molar-refractivity contribution is 5.69. The van der Waals surface area contributed by atoms with Crippen molar-refractivity contribution >= 4 is 0 Å². The van der Waals surface area contributed by atoms with Crippen molar-refractivity contribution in [2.45, 2.75) is 283 Å². The Bertz CT molecular complexity index is 2270. The van der Waals surface area contributed by atoms with Gasteiger partial charge in [-0.05, 0) is 49.9 Å². The minimum atomic E-state index is -0.192. The number of ether oxygens (including phenoxy) is 8. The number of benzene rings is 4. The molecule has 4 heterocycles. The van der Waals surface area contributed by atoms with Gasteiger partial charge in [0.2, 0.25) is 38.7 Å². The fraction of sp³-hybridized carbons (Fsp3) is 0.667. The van der Waals surface area contributed by atoms with E-state index < -0.39 is 0 Å². The van der Waals surface area contributed by atoms with E-state index in [0.717, 1.165) is 145 Å². The van der Waals surface area contributed by atoms with Crippen molar-refractivity contribution in [3.63, 3.8) is 0 Å². The van der Waals surface area contributed by atoms with Gasteiger partial charge in [0.25, 0.3) is 0 Å². The molecule has 0 fully saturated rings. The largest absolute Gasteiger partial charge is 0.502 e.